The molecule has 1 aromatic carbocycles. The van der Waals surface area contributed by atoms with E-state index in [0.717, 1.165) is 11.4 Å². The van der Waals surface area contributed by atoms with Gasteiger partial charge in [0.15, 0.2) is 6.29 Å². The molecule has 2 rings (SSSR count). The van der Waals surface area contributed by atoms with Crippen LogP contribution in [0.25, 0.3) is 0 Å². The second kappa shape index (κ2) is 6.40. The Labute approximate surface area is 112 Å². The van der Waals surface area contributed by atoms with Crippen LogP contribution in [0.1, 0.15) is 0 Å². The maximum atomic E-state index is 11.5. The van der Waals surface area contributed by atoms with E-state index < -0.39 is 0 Å². The number of carbonyl (C=O) groups is 1. The summed E-state index contributed by atoms with van der Waals surface area (Å²) in [6, 6.07) is 7.66. The zero-order valence-corrected chi connectivity index (χ0v) is 11.2. The van der Waals surface area contributed by atoms with Gasteiger partial charge < -0.3 is 20.1 Å². The van der Waals surface area contributed by atoms with Crippen molar-refractivity contribution in [2.75, 3.05) is 44.1 Å². The first-order valence-electron chi connectivity index (χ1n) is 6.19. The van der Waals surface area contributed by atoms with Crippen molar-refractivity contribution in [3.63, 3.8) is 0 Å². The highest BCUT2D eigenvalue weighted by Crippen LogP contribution is 2.19. The SMILES string of the molecule is COC(CNc1ccc(N2CCNC2=O)cc1)OC. The molecule has 0 unspecified atom stereocenters. The smallest absolute Gasteiger partial charge is 0.321 e. The fourth-order valence-electron chi connectivity index (χ4n) is 1.94. The molecule has 0 atom stereocenters. The topological polar surface area (TPSA) is 62.8 Å². The first-order chi connectivity index (χ1) is 9.24. The zero-order chi connectivity index (χ0) is 13.7. The molecule has 104 valence electrons. The van der Waals surface area contributed by atoms with Crippen molar-refractivity contribution in [2.24, 2.45) is 0 Å². The summed E-state index contributed by atoms with van der Waals surface area (Å²) in [6.45, 7) is 1.97. The summed E-state index contributed by atoms with van der Waals surface area (Å²) in [7, 11) is 3.20. The van der Waals surface area contributed by atoms with E-state index in [1.807, 2.05) is 24.3 Å². The summed E-state index contributed by atoms with van der Waals surface area (Å²) in [5.74, 6) is 0. The number of amides is 2. The predicted molar refractivity (Wildman–Crippen MR) is 73.5 cm³/mol. The maximum absolute atomic E-state index is 11.5. The average Bonchev–Trinajstić information content (AvgIpc) is 2.87. The molecule has 0 spiro atoms. The maximum Gasteiger partial charge on any atom is 0.321 e. The van der Waals surface area contributed by atoms with Gasteiger partial charge in [-0.2, -0.15) is 0 Å². The molecule has 2 amide bonds. The minimum absolute atomic E-state index is 0.0421. The monoisotopic (exact) mass is 265 g/mol. The summed E-state index contributed by atoms with van der Waals surface area (Å²) in [4.78, 5) is 13.2. The van der Waals surface area contributed by atoms with Gasteiger partial charge in [-0.3, -0.25) is 4.90 Å². The van der Waals surface area contributed by atoms with Crippen LogP contribution in [0.2, 0.25) is 0 Å². The minimum atomic E-state index is -0.274. The molecule has 1 fully saturated rings. The van der Waals surface area contributed by atoms with Crippen molar-refractivity contribution >= 4 is 17.4 Å². The number of carbonyl (C=O) groups excluding carboxylic acids is 1. The molecule has 0 bridgehead atoms. The number of rotatable bonds is 6. The van der Waals surface area contributed by atoms with Gasteiger partial charge in [0.2, 0.25) is 0 Å². The number of nitrogens with one attached hydrogen (secondary N) is 2. The molecule has 1 aromatic rings. The first-order valence-corrected chi connectivity index (χ1v) is 6.19. The number of methoxy groups -OCH3 is 2. The molecular formula is C13H19N3O3. The Morgan fingerprint density at radius 3 is 2.53 bits per heavy atom. The van der Waals surface area contributed by atoms with E-state index in [9.17, 15) is 4.79 Å². The Bertz CT molecular complexity index is 418. The molecular weight excluding hydrogens is 246 g/mol. The number of ether oxygens (including phenoxy) is 2. The van der Waals surface area contributed by atoms with Gasteiger partial charge in [-0.25, -0.2) is 4.79 Å². The third-order valence-corrected chi connectivity index (χ3v) is 3.03. The van der Waals surface area contributed by atoms with E-state index >= 15 is 0 Å². The predicted octanol–water partition coefficient (Wildman–Crippen LogP) is 1.25. The number of anilines is 2. The molecule has 1 heterocycles. The lowest BCUT2D eigenvalue weighted by Gasteiger charge is -2.17. The van der Waals surface area contributed by atoms with Gasteiger partial charge in [-0.1, -0.05) is 0 Å². The van der Waals surface area contributed by atoms with Crippen LogP contribution < -0.4 is 15.5 Å². The van der Waals surface area contributed by atoms with Crippen molar-refractivity contribution in [3.05, 3.63) is 24.3 Å². The first kappa shape index (κ1) is 13.6. The van der Waals surface area contributed by atoms with E-state index in [1.165, 1.54) is 0 Å². The van der Waals surface area contributed by atoms with Gasteiger partial charge in [0.1, 0.15) is 0 Å². The minimum Gasteiger partial charge on any atom is -0.380 e. The molecule has 1 aliphatic rings. The van der Waals surface area contributed by atoms with Gasteiger partial charge in [0.25, 0.3) is 0 Å². The van der Waals surface area contributed by atoms with Crippen LogP contribution in [-0.4, -0.2) is 46.2 Å². The summed E-state index contributed by atoms with van der Waals surface area (Å²) in [5.41, 5.74) is 1.86. The summed E-state index contributed by atoms with van der Waals surface area (Å²) >= 11 is 0. The molecule has 1 aliphatic heterocycles. The van der Waals surface area contributed by atoms with Crippen molar-refractivity contribution in [1.29, 1.82) is 0 Å². The van der Waals surface area contributed by atoms with Crippen LogP contribution in [0.15, 0.2) is 24.3 Å². The lowest BCUT2D eigenvalue weighted by Crippen LogP contribution is -2.27. The fraction of sp³-hybridized carbons (Fsp3) is 0.462. The van der Waals surface area contributed by atoms with Gasteiger partial charge >= 0.3 is 6.03 Å². The number of benzene rings is 1. The van der Waals surface area contributed by atoms with Gasteiger partial charge in [-0.05, 0) is 24.3 Å². The van der Waals surface area contributed by atoms with E-state index in [0.29, 0.717) is 19.6 Å². The molecule has 0 aliphatic carbocycles. The van der Waals surface area contributed by atoms with Crippen molar-refractivity contribution < 1.29 is 14.3 Å². The van der Waals surface area contributed by atoms with E-state index in [4.69, 9.17) is 9.47 Å². The highest BCUT2D eigenvalue weighted by molar-refractivity contribution is 5.94. The molecule has 0 radical (unpaired) electrons. The second-order valence-corrected chi connectivity index (χ2v) is 4.21. The van der Waals surface area contributed by atoms with E-state index in [1.54, 1.807) is 19.1 Å². The molecule has 6 nitrogen and oxygen atoms in total. The largest absolute Gasteiger partial charge is 0.380 e. The Kier molecular flexibility index (Phi) is 4.59. The Morgan fingerprint density at radius 2 is 2.00 bits per heavy atom. The summed E-state index contributed by atoms with van der Waals surface area (Å²) in [6.07, 6.45) is -0.274. The number of nitrogens with zero attached hydrogens (tertiary/aromatic N) is 1. The van der Waals surface area contributed by atoms with Crippen LogP contribution >= 0.6 is 0 Å². The average molecular weight is 265 g/mol. The summed E-state index contributed by atoms with van der Waals surface area (Å²) < 4.78 is 10.2. The van der Waals surface area contributed by atoms with Gasteiger partial charge in [0.05, 0.1) is 6.54 Å². The van der Waals surface area contributed by atoms with Crippen molar-refractivity contribution in [2.45, 2.75) is 6.29 Å². The zero-order valence-electron chi connectivity index (χ0n) is 11.2. The van der Waals surface area contributed by atoms with Crippen LogP contribution in [0.3, 0.4) is 0 Å². The summed E-state index contributed by atoms with van der Waals surface area (Å²) in [5, 5.41) is 5.98. The molecule has 0 saturated carbocycles. The fourth-order valence-corrected chi connectivity index (χ4v) is 1.94. The van der Waals surface area contributed by atoms with Crippen LogP contribution in [-0.2, 0) is 9.47 Å². The Balaban J connectivity index is 1.93. The quantitative estimate of drug-likeness (QED) is 0.760. The van der Waals surface area contributed by atoms with Crippen molar-refractivity contribution in [1.82, 2.24) is 5.32 Å². The van der Waals surface area contributed by atoms with Gasteiger partial charge in [0, 0.05) is 38.7 Å². The lowest BCUT2D eigenvalue weighted by atomic mass is 10.2. The Hall–Kier alpha value is -1.79. The standard InChI is InChI=1S/C13H19N3O3/c1-18-12(19-2)9-15-10-3-5-11(6-4-10)16-8-7-14-13(16)17/h3-6,12,15H,7-9H2,1-2H3,(H,14,17). The van der Waals surface area contributed by atoms with Crippen LogP contribution in [0.4, 0.5) is 16.2 Å². The lowest BCUT2D eigenvalue weighted by molar-refractivity contribution is -0.0914. The number of hydrogen-bond donors (Lipinski definition) is 2. The van der Waals surface area contributed by atoms with E-state index in [2.05, 4.69) is 10.6 Å². The third kappa shape index (κ3) is 3.36. The Morgan fingerprint density at radius 1 is 1.32 bits per heavy atom. The molecule has 0 aromatic heterocycles. The van der Waals surface area contributed by atoms with Gasteiger partial charge in [-0.15, -0.1) is 0 Å². The number of urea groups is 1. The number of hydrogen-bond acceptors (Lipinski definition) is 4. The second-order valence-electron chi connectivity index (χ2n) is 4.21. The molecule has 19 heavy (non-hydrogen) atoms. The molecule has 1 saturated heterocycles. The highest BCUT2D eigenvalue weighted by atomic mass is 16.7. The van der Waals surface area contributed by atoms with Crippen LogP contribution in [0.5, 0.6) is 0 Å². The third-order valence-electron chi connectivity index (χ3n) is 3.03. The normalized spacial score (nSPS) is 14.9. The van der Waals surface area contributed by atoms with E-state index in [-0.39, 0.29) is 12.3 Å². The molecule has 6 heteroatoms. The van der Waals surface area contributed by atoms with Crippen LogP contribution in [0, 0.1) is 0 Å². The highest BCUT2D eigenvalue weighted by Gasteiger charge is 2.20. The molecule has 2 N–H and O–H groups in total. The van der Waals surface area contributed by atoms with Crippen molar-refractivity contribution in [3.8, 4) is 0 Å².